The van der Waals surface area contributed by atoms with Crippen molar-refractivity contribution in [2.45, 2.75) is 0 Å². The topological polar surface area (TPSA) is 38.4 Å². The molecule has 0 radical (unpaired) electrons. The largest absolute Gasteiger partial charge is 0.592 e. The average molecular weight is 219 g/mol. The molecular weight excluding hydrogens is 215 g/mol. The average Bonchev–Trinajstić information content (AvgIpc) is 2.05. The molecule has 0 aliphatic carbocycles. The molecular formula is C6H4BrFN2O. The van der Waals surface area contributed by atoms with E-state index in [0.29, 0.717) is 0 Å². The molecule has 0 atom stereocenters. The standard InChI is InChI=1S/C6H4BrFN2O/c7-5-1-3-6(4-2-5)10(11)9-8/h1-4H/b10-9+. The highest BCUT2D eigenvalue weighted by atomic mass is 79.9. The zero-order valence-electron chi connectivity index (χ0n) is 5.37. The van der Waals surface area contributed by atoms with Crippen molar-refractivity contribution < 1.29 is 9.34 Å². The molecule has 0 aliphatic heterocycles. The van der Waals surface area contributed by atoms with Crippen LogP contribution in [-0.2, 0) is 0 Å². The maximum Gasteiger partial charge on any atom is 0.247 e. The van der Waals surface area contributed by atoms with Crippen LogP contribution >= 0.6 is 15.9 Å². The Morgan fingerprint density at radius 2 is 1.91 bits per heavy atom. The Hall–Kier alpha value is -0.970. The fourth-order valence-electron chi connectivity index (χ4n) is 0.612. The van der Waals surface area contributed by atoms with Crippen LogP contribution in [0, 0.1) is 5.21 Å². The van der Waals surface area contributed by atoms with Gasteiger partial charge in [-0.15, -0.1) is 0 Å². The second kappa shape index (κ2) is 3.43. The minimum atomic E-state index is -0.0908. The summed E-state index contributed by atoms with van der Waals surface area (Å²) in [6.07, 6.45) is 0. The van der Waals surface area contributed by atoms with Crippen molar-refractivity contribution in [1.82, 2.24) is 0 Å². The van der Waals surface area contributed by atoms with Crippen molar-refractivity contribution in [3.05, 3.63) is 33.9 Å². The van der Waals surface area contributed by atoms with Crippen LogP contribution in [-0.4, -0.2) is 4.86 Å². The Labute approximate surface area is 70.8 Å². The van der Waals surface area contributed by atoms with E-state index >= 15 is 0 Å². The van der Waals surface area contributed by atoms with Gasteiger partial charge in [0.05, 0.1) is 0 Å². The van der Waals surface area contributed by atoms with Crippen LogP contribution in [0.3, 0.4) is 0 Å². The van der Waals surface area contributed by atoms with Gasteiger partial charge in [-0.2, -0.15) is 0 Å². The Bertz CT molecular complexity index is 272. The predicted octanol–water partition coefficient (Wildman–Crippen LogP) is 2.93. The van der Waals surface area contributed by atoms with Crippen molar-refractivity contribution in [3.63, 3.8) is 0 Å². The van der Waals surface area contributed by atoms with Crippen molar-refractivity contribution in [2.24, 2.45) is 5.34 Å². The molecule has 1 rings (SSSR count). The molecule has 0 unspecified atom stereocenters. The van der Waals surface area contributed by atoms with Gasteiger partial charge < -0.3 is 5.21 Å². The number of benzene rings is 1. The van der Waals surface area contributed by atoms with Crippen molar-refractivity contribution in [1.29, 1.82) is 0 Å². The van der Waals surface area contributed by atoms with E-state index in [1.807, 2.05) is 5.34 Å². The third-order valence-corrected chi connectivity index (χ3v) is 1.64. The van der Waals surface area contributed by atoms with Crippen LogP contribution in [0.2, 0.25) is 0 Å². The number of hydrogen-bond donors (Lipinski definition) is 0. The molecule has 58 valence electrons. The number of halogens is 2. The van der Waals surface area contributed by atoms with Gasteiger partial charge in [-0.1, -0.05) is 15.9 Å². The summed E-state index contributed by atoms with van der Waals surface area (Å²) in [5, 5.41) is 12.4. The van der Waals surface area contributed by atoms with Crippen LogP contribution in [0.1, 0.15) is 0 Å². The molecule has 0 aromatic heterocycles. The normalized spacial score (nSPS) is 11.6. The first-order valence-electron chi connectivity index (χ1n) is 2.79. The quantitative estimate of drug-likeness (QED) is 0.406. The summed E-state index contributed by atoms with van der Waals surface area (Å²) in [5.41, 5.74) is 0.163. The first-order valence-corrected chi connectivity index (χ1v) is 3.58. The highest BCUT2D eigenvalue weighted by molar-refractivity contribution is 9.10. The second-order valence-corrected chi connectivity index (χ2v) is 2.74. The summed E-state index contributed by atoms with van der Waals surface area (Å²) >= 11 is 3.17. The van der Waals surface area contributed by atoms with Crippen molar-refractivity contribution >= 4 is 21.6 Å². The maximum atomic E-state index is 11.4. The van der Waals surface area contributed by atoms with E-state index in [0.717, 1.165) is 4.47 Å². The second-order valence-electron chi connectivity index (χ2n) is 1.82. The van der Waals surface area contributed by atoms with Crippen LogP contribution in [0.4, 0.5) is 10.2 Å². The van der Waals surface area contributed by atoms with E-state index in [9.17, 15) is 9.69 Å². The number of rotatable bonds is 1. The minimum absolute atomic E-state index is 0.0908. The zero-order valence-corrected chi connectivity index (χ0v) is 6.95. The van der Waals surface area contributed by atoms with E-state index < -0.39 is 0 Å². The number of hydrogen-bond acceptors (Lipinski definition) is 2. The van der Waals surface area contributed by atoms with E-state index in [2.05, 4.69) is 15.9 Å². The molecule has 0 saturated heterocycles. The van der Waals surface area contributed by atoms with Gasteiger partial charge in [0.15, 0.2) is 5.34 Å². The van der Waals surface area contributed by atoms with Crippen LogP contribution in [0.15, 0.2) is 34.1 Å². The fourth-order valence-corrected chi connectivity index (χ4v) is 0.877. The Morgan fingerprint density at radius 1 is 1.36 bits per heavy atom. The third-order valence-electron chi connectivity index (χ3n) is 1.12. The molecule has 0 saturated carbocycles. The Morgan fingerprint density at radius 3 is 2.36 bits per heavy atom. The Balaban J connectivity index is 2.99. The van der Waals surface area contributed by atoms with Crippen LogP contribution < -0.4 is 0 Å². The van der Waals surface area contributed by atoms with Crippen molar-refractivity contribution in [2.75, 3.05) is 0 Å². The lowest BCUT2D eigenvalue weighted by Crippen LogP contribution is -1.87. The minimum Gasteiger partial charge on any atom is -0.592 e. The van der Waals surface area contributed by atoms with Crippen LogP contribution in [0.5, 0.6) is 0 Å². The summed E-state index contributed by atoms with van der Waals surface area (Å²) in [6, 6.07) is 6.18. The first-order chi connectivity index (χ1) is 5.24. The first kappa shape index (κ1) is 8.13. The lowest BCUT2D eigenvalue weighted by Gasteiger charge is -1.94. The fraction of sp³-hybridized carbons (Fsp3) is 0. The van der Waals surface area contributed by atoms with E-state index in [1.54, 1.807) is 12.1 Å². The zero-order chi connectivity index (χ0) is 8.27. The molecule has 0 N–H and O–H groups in total. The smallest absolute Gasteiger partial charge is 0.247 e. The highest BCUT2D eigenvalue weighted by Gasteiger charge is 2.00. The molecule has 0 fully saturated rings. The molecule has 11 heavy (non-hydrogen) atoms. The molecule has 0 bridgehead atoms. The predicted molar refractivity (Wildman–Crippen MR) is 41.0 cm³/mol. The molecule has 0 aliphatic rings. The number of nitrogens with zero attached hydrogens (tertiary/aromatic N) is 2. The SMILES string of the molecule is [O-]/[N+](=N/F)c1ccc(Br)cc1. The van der Waals surface area contributed by atoms with Gasteiger partial charge in [0.1, 0.15) is 0 Å². The van der Waals surface area contributed by atoms with Gasteiger partial charge in [0.2, 0.25) is 5.69 Å². The summed E-state index contributed by atoms with van der Waals surface area (Å²) in [5.74, 6) is 0. The summed E-state index contributed by atoms with van der Waals surface area (Å²) < 4.78 is 12.2. The molecule has 3 nitrogen and oxygen atoms in total. The Kier molecular flexibility index (Phi) is 2.53. The summed E-state index contributed by atoms with van der Waals surface area (Å²) in [7, 11) is 0. The molecule has 1 aromatic carbocycles. The van der Waals surface area contributed by atoms with Gasteiger partial charge in [-0.3, -0.25) is 0 Å². The van der Waals surface area contributed by atoms with Gasteiger partial charge >= 0.3 is 0 Å². The lowest BCUT2D eigenvalue weighted by molar-refractivity contribution is -0.462. The van der Waals surface area contributed by atoms with Crippen molar-refractivity contribution in [3.8, 4) is 0 Å². The molecule has 0 spiro atoms. The maximum absolute atomic E-state index is 11.4. The van der Waals surface area contributed by atoms with E-state index in [-0.39, 0.29) is 10.5 Å². The third kappa shape index (κ3) is 1.98. The van der Waals surface area contributed by atoms with Crippen LogP contribution in [0.25, 0.3) is 0 Å². The van der Waals surface area contributed by atoms with E-state index in [1.165, 1.54) is 12.1 Å². The van der Waals surface area contributed by atoms with Gasteiger partial charge in [-0.05, 0) is 21.5 Å². The lowest BCUT2D eigenvalue weighted by atomic mass is 10.3. The monoisotopic (exact) mass is 218 g/mol. The molecule has 5 heteroatoms. The van der Waals surface area contributed by atoms with Gasteiger partial charge in [0, 0.05) is 16.6 Å². The summed E-state index contributed by atoms with van der Waals surface area (Å²) in [4.78, 5) is -0.0908. The van der Waals surface area contributed by atoms with E-state index in [4.69, 9.17) is 0 Å². The molecule has 0 heterocycles. The molecule has 0 amide bonds. The summed E-state index contributed by atoms with van der Waals surface area (Å²) in [6.45, 7) is 0. The highest BCUT2D eigenvalue weighted by Crippen LogP contribution is 2.16. The van der Waals surface area contributed by atoms with Gasteiger partial charge in [0.25, 0.3) is 0 Å². The molecule has 1 aromatic rings. The van der Waals surface area contributed by atoms with Gasteiger partial charge in [-0.25, -0.2) is 0 Å².